The molecule has 0 radical (unpaired) electrons. The average molecular weight is 534 g/mol. The van der Waals surface area contributed by atoms with Crippen molar-refractivity contribution in [3.8, 4) is 0 Å². The second-order valence-corrected chi connectivity index (χ2v) is 12.1. The lowest BCUT2D eigenvalue weighted by Gasteiger charge is -2.29. The molecule has 0 saturated carbocycles. The molecule has 196 valence electrons. The van der Waals surface area contributed by atoms with Gasteiger partial charge in [-0.2, -0.15) is 4.31 Å². The Morgan fingerprint density at radius 1 is 0.974 bits per heavy atom. The number of nitrogens with zero attached hydrogens (tertiary/aromatic N) is 3. The zero-order valence-corrected chi connectivity index (χ0v) is 22.1. The molecule has 2 aliphatic rings. The molecule has 0 N–H and O–H groups in total. The van der Waals surface area contributed by atoms with Gasteiger partial charge in [-0.3, -0.25) is 14.5 Å². The number of aromatic nitrogens is 1. The van der Waals surface area contributed by atoms with Crippen molar-refractivity contribution >= 4 is 32.7 Å². The van der Waals surface area contributed by atoms with Crippen LogP contribution in [0.4, 0.5) is 5.82 Å². The van der Waals surface area contributed by atoms with E-state index in [0.29, 0.717) is 41.3 Å². The lowest BCUT2D eigenvalue weighted by molar-refractivity contribution is 0.0969. The summed E-state index contributed by atoms with van der Waals surface area (Å²) in [7, 11) is -3.66. The molecule has 1 amide bonds. The predicted octanol–water partition coefficient (Wildman–Crippen LogP) is 4.57. The number of piperidine rings is 1. The van der Waals surface area contributed by atoms with Crippen molar-refractivity contribution in [1.82, 2.24) is 9.46 Å². The summed E-state index contributed by atoms with van der Waals surface area (Å²) in [5, 5.41) is 4.40. The fourth-order valence-electron chi connectivity index (χ4n) is 5.30. The van der Waals surface area contributed by atoms with Gasteiger partial charge in [0.1, 0.15) is 11.3 Å². The highest BCUT2D eigenvalue weighted by Crippen LogP contribution is 2.41. The fourth-order valence-corrected chi connectivity index (χ4v) is 6.77. The molecule has 1 atom stereocenters. The number of benzene rings is 2. The third-order valence-electron chi connectivity index (χ3n) is 7.46. The van der Waals surface area contributed by atoms with Crippen molar-refractivity contribution in [2.45, 2.75) is 44.6 Å². The third kappa shape index (κ3) is 3.86. The number of aryl methyl sites for hydroxylation is 2. The molecule has 1 fully saturated rings. The van der Waals surface area contributed by atoms with E-state index in [1.807, 2.05) is 13.0 Å². The van der Waals surface area contributed by atoms with E-state index < -0.39 is 22.0 Å². The molecule has 0 spiro atoms. The van der Waals surface area contributed by atoms with Crippen LogP contribution in [0.2, 0.25) is 0 Å². The largest absolute Gasteiger partial charge is 0.450 e. The minimum atomic E-state index is -3.66. The number of carbonyl (C=O) groups excluding carboxylic acids is 1. The highest BCUT2D eigenvalue weighted by atomic mass is 32.2. The first-order valence-electron chi connectivity index (χ1n) is 12.6. The molecule has 4 heterocycles. The third-order valence-corrected chi connectivity index (χ3v) is 9.38. The lowest BCUT2D eigenvalue weighted by atomic mass is 9.98. The Balaban J connectivity index is 1.47. The van der Waals surface area contributed by atoms with Gasteiger partial charge in [0.05, 0.1) is 21.9 Å². The van der Waals surface area contributed by atoms with E-state index in [0.717, 1.165) is 18.4 Å². The van der Waals surface area contributed by atoms with Gasteiger partial charge in [0.15, 0.2) is 11.2 Å². The second kappa shape index (κ2) is 8.92. The molecule has 2 aliphatic heterocycles. The maximum Gasteiger partial charge on any atom is 0.296 e. The summed E-state index contributed by atoms with van der Waals surface area (Å²) in [6, 6.07) is 12.3. The quantitative estimate of drug-likeness (QED) is 0.378. The SMILES string of the molecule is Cc1ccc2oc3c(c(=O)c2c1)C(c1ccc(S(=O)(=O)N2CCC(C)CC2)cc1)N(c1cc(C)on1)C3=O. The summed E-state index contributed by atoms with van der Waals surface area (Å²) in [5.74, 6) is 0.664. The van der Waals surface area contributed by atoms with Crippen LogP contribution in [0.5, 0.6) is 0 Å². The molecule has 10 heteroatoms. The van der Waals surface area contributed by atoms with E-state index in [2.05, 4.69) is 12.1 Å². The Kier molecular flexibility index (Phi) is 5.77. The maximum absolute atomic E-state index is 13.8. The molecule has 0 aliphatic carbocycles. The molecular weight excluding hydrogens is 506 g/mol. The Morgan fingerprint density at radius 3 is 2.34 bits per heavy atom. The van der Waals surface area contributed by atoms with Crippen LogP contribution in [-0.4, -0.2) is 36.9 Å². The molecule has 6 rings (SSSR count). The van der Waals surface area contributed by atoms with Crippen LogP contribution in [0.15, 0.2) is 67.2 Å². The van der Waals surface area contributed by atoms with Crippen LogP contribution in [0.3, 0.4) is 0 Å². The van der Waals surface area contributed by atoms with Crippen molar-refractivity contribution in [3.05, 3.63) is 87.0 Å². The standard InChI is InChI=1S/C28H27N3O6S/c1-16-10-12-30(13-11-16)38(34,35)20-7-5-19(6-8-20)25-24-26(32)21-14-17(2)4-9-22(21)36-27(24)28(33)31(25)23-15-18(3)37-29-23/h4-9,14-16,25H,10-13H2,1-3H3. The summed E-state index contributed by atoms with van der Waals surface area (Å²) in [6.07, 6.45) is 1.65. The van der Waals surface area contributed by atoms with Gasteiger partial charge in [-0.1, -0.05) is 35.8 Å². The van der Waals surface area contributed by atoms with Gasteiger partial charge in [0.25, 0.3) is 5.91 Å². The highest BCUT2D eigenvalue weighted by molar-refractivity contribution is 7.89. The lowest BCUT2D eigenvalue weighted by Crippen LogP contribution is -2.37. The minimum Gasteiger partial charge on any atom is -0.450 e. The predicted molar refractivity (Wildman–Crippen MR) is 141 cm³/mol. The number of anilines is 1. The monoisotopic (exact) mass is 533 g/mol. The Bertz CT molecular complexity index is 1730. The first kappa shape index (κ1) is 24.6. The van der Waals surface area contributed by atoms with Gasteiger partial charge in [0.2, 0.25) is 15.8 Å². The molecule has 2 aromatic heterocycles. The summed E-state index contributed by atoms with van der Waals surface area (Å²) in [5.41, 5.74) is 1.64. The van der Waals surface area contributed by atoms with Gasteiger partial charge >= 0.3 is 0 Å². The fraction of sp³-hybridized carbons (Fsp3) is 0.321. The number of amides is 1. The van der Waals surface area contributed by atoms with Crippen LogP contribution in [0, 0.1) is 19.8 Å². The molecule has 2 aromatic carbocycles. The summed E-state index contributed by atoms with van der Waals surface area (Å²) >= 11 is 0. The maximum atomic E-state index is 13.8. The topological polar surface area (TPSA) is 114 Å². The second-order valence-electron chi connectivity index (χ2n) is 10.2. The Labute approximate surface area is 219 Å². The zero-order chi connectivity index (χ0) is 26.8. The number of hydrogen-bond acceptors (Lipinski definition) is 7. The molecular formula is C28H27N3O6S. The van der Waals surface area contributed by atoms with E-state index in [4.69, 9.17) is 8.94 Å². The summed E-state index contributed by atoms with van der Waals surface area (Å²) < 4.78 is 39.3. The molecule has 1 saturated heterocycles. The van der Waals surface area contributed by atoms with Gasteiger partial charge < -0.3 is 8.94 Å². The van der Waals surface area contributed by atoms with Crippen LogP contribution >= 0.6 is 0 Å². The normalized spacial score (nSPS) is 18.9. The molecule has 38 heavy (non-hydrogen) atoms. The van der Waals surface area contributed by atoms with Gasteiger partial charge in [-0.25, -0.2) is 8.42 Å². The Morgan fingerprint density at radius 2 is 1.68 bits per heavy atom. The first-order chi connectivity index (χ1) is 18.1. The number of sulfonamides is 1. The van der Waals surface area contributed by atoms with Crippen molar-refractivity contribution in [3.63, 3.8) is 0 Å². The molecule has 4 aromatic rings. The van der Waals surface area contributed by atoms with Gasteiger partial charge in [-0.15, -0.1) is 0 Å². The number of rotatable bonds is 4. The summed E-state index contributed by atoms with van der Waals surface area (Å²) in [6.45, 7) is 6.69. The van der Waals surface area contributed by atoms with Gasteiger partial charge in [0, 0.05) is 19.2 Å². The first-order valence-corrected chi connectivity index (χ1v) is 14.0. The van der Waals surface area contributed by atoms with Crippen molar-refractivity contribution in [1.29, 1.82) is 0 Å². The van der Waals surface area contributed by atoms with Crippen molar-refractivity contribution in [2.24, 2.45) is 5.92 Å². The molecule has 0 bridgehead atoms. The van der Waals surface area contributed by atoms with E-state index in [1.54, 1.807) is 37.3 Å². The van der Waals surface area contributed by atoms with Gasteiger partial charge in [-0.05, 0) is 62.4 Å². The molecule has 1 unspecified atom stereocenters. The minimum absolute atomic E-state index is 0.0591. The van der Waals surface area contributed by atoms with Crippen molar-refractivity contribution < 1.29 is 22.2 Å². The van der Waals surface area contributed by atoms with Crippen molar-refractivity contribution in [2.75, 3.05) is 18.0 Å². The number of fused-ring (bicyclic) bond motifs is 2. The van der Waals surface area contributed by atoms with E-state index >= 15 is 0 Å². The smallest absolute Gasteiger partial charge is 0.296 e. The average Bonchev–Trinajstić information content (AvgIpc) is 3.45. The van der Waals surface area contributed by atoms with Crippen LogP contribution in [0.25, 0.3) is 11.0 Å². The van der Waals surface area contributed by atoms with Crippen LogP contribution in [0.1, 0.15) is 58.8 Å². The van der Waals surface area contributed by atoms with Crippen LogP contribution < -0.4 is 10.3 Å². The number of carbonyl (C=O) groups is 1. The zero-order valence-electron chi connectivity index (χ0n) is 21.3. The Hall–Kier alpha value is -3.76. The molecule has 9 nitrogen and oxygen atoms in total. The summed E-state index contributed by atoms with van der Waals surface area (Å²) in [4.78, 5) is 28.9. The van der Waals surface area contributed by atoms with Crippen LogP contribution in [-0.2, 0) is 10.0 Å². The van der Waals surface area contributed by atoms with E-state index in [9.17, 15) is 18.0 Å². The van der Waals surface area contributed by atoms with E-state index in [1.165, 1.54) is 21.3 Å². The van der Waals surface area contributed by atoms with E-state index in [-0.39, 0.29) is 27.5 Å². The number of hydrogen-bond donors (Lipinski definition) is 0. The highest BCUT2D eigenvalue weighted by Gasteiger charge is 2.45.